The van der Waals surface area contributed by atoms with Gasteiger partial charge in [-0.25, -0.2) is 0 Å². The molecular formula is C25H35N3O4. The second-order valence-corrected chi connectivity index (χ2v) is 7.84. The maximum absolute atomic E-state index is 13.4. The highest BCUT2D eigenvalue weighted by molar-refractivity contribution is 5.99. The SMILES string of the molecule is [3H]CC([3H])CCCN(CCCCC)C(=O)[C@@H](CCC(=O)O)NC(=O)c1cnc2ccccc2c1. The van der Waals surface area contributed by atoms with E-state index in [1.54, 1.807) is 11.0 Å². The minimum absolute atomic E-state index is 0.0148. The van der Waals surface area contributed by atoms with Crippen molar-refractivity contribution in [3.05, 3.63) is 42.1 Å². The molecule has 0 saturated carbocycles. The molecular weight excluding hydrogens is 406 g/mol. The highest BCUT2D eigenvalue weighted by Gasteiger charge is 2.27. The highest BCUT2D eigenvalue weighted by atomic mass is 16.4. The number of fused-ring (bicyclic) bond motifs is 1. The number of aromatic nitrogens is 1. The van der Waals surface area contributed by atoms with Crippen LogP contribution in [-0.2, 0) is 9.59 Å². The Morgan fingerprint density at radius 1 is 1.19 bits per heavy atom. The summed E-state index contributed by atoms with van der Waals surface area (Å²) in [6.45, 7) is 3.00. The lowest BCUT2D eigenvalue weighted by Gasteiger charge is -2.28. The van der Waals surface area contributed by atoms with Crippen LogP contribution in [0.15, 0.2) is 36.5 Å². The molecule has 1 aromatic carbocycles. The van der Waals surface area contributed by atoms with Crippen LogP contribution in [0.25, 0.3) is 10.9 Å². The number of carboxylic acid groups (broad SMARTS) is 1. The van der Waals surface area contributed by atoms with Gasteiger partial charge in [-0.05, 0) is 31.4 Å². The van der Waals surface area contributed by atoms with Gasteiger partial charge in [-0.15, -0.1) is 0 Å². The van der Waals surface area contributed by atoms with Gasteiger partial charge in [-0.3, -0.25) is 19.4 Å². The van der Waals surface area contributed by atoms with Gasteiger partial charge >= 0.3 is 5.97 Å². The van der Waals surface area contributed by atoms with Crippen molar-refractivity contribution in [1.29, 1.82) is 0 Å². The summed E-state index contributed by atoms with van der Waals surface area (Å²) in [5.41, 5.74) is 1.05. The first kappa shape index (κ1) is 22.2. The predicted molar refractivity (Wildman–Crippen MR) is 125 cm³/mol. The van der Waals surface area contributed by atoms with E-state index in [0.29, 0.717) is 31.5 Å². The van der Waals surface area contributed by atoms with Crippen LogP contribution in [0.3, 0.4) is 0 Å². The van der Waals surface area contributed by atoms with Crippen LogP contribution in [0.1, 0.15) is 78.3 Å². The third kappa shape index (κ3) is 7.94. The average Bonchev–Trinajstić information content (AvgIpc) is 2.84. The summed E-state index contributed by atoms with van der Waals surface area (Å²) in [5, 5.41) is 12.7. The van der Waals surface area contributed by atoms with E-state index in [2.05, 4.69) is 17.2 Å². The zero-order valence-corrected chi connectivity index (χ0v) is 18.8. The summed E-state index contributed by atoms with van der Waals surface area (Å²) in [5.74, 6) is -1.83. The number of aliphatic carboxylic acids is 1. The van der Waals surface area contributed by atoms with Crippen LogP contribution >= 0.6 is 0 Å². The van der Waals surface area contributed by atoms with Gasteiger partial charge in [0, 0.05) is 33.8 Å². The maximum atomic E-state index is 13.4. The number of nitrogens with one attached hydrogen (secondary N) is 1. The monoisotopic (exact) mass is 445 g/mol. The summed E-state index contributed by atoms with van der Waals surface area (Å²) in [4.78, 5) is 43.5. The Kier molecular flexibility index (Phi) is 9.35. The van der Waals surface area contributed by atoms with Gasteiger partial charge in [0.25, 0.3) is 5.91 Å². The quantitative estimate of drug-likeness (QED) is 0.420. The van der Waals surface area contributed by atoms with Crippen LogP contribution in [0, 0.1) is 0 Å². The molecule has 0 bridgehead atoms. The fourth-order valence-electron chi connectivity index (χ4n) is 3.49. The number of benzene rings is 1. The third-order valence-electron chi connectivity index (χ3n) is 5.28. The molecule has 0 fully saturated rings. The normalized spacial score (nSPS) is 13.7. The van der Waals surface area contributed by atoms with Crippen molar-refractivity contribution in [3.63, 3.8) is 0 Å². The van der Waals surface area contributed by atoms with Gasteiger partial charge in [0.05, 0.1) is 11.1 Å². The van der Waals surface area contributed by atoms with Crippen molar-refractivity contribution in [1.82, 2.24) is 15.2 Å². The topological polar surface area (TPSA) is 99.6 Å². The number of carboxylic acids is 1. The molecule has 0 radical (unpaired) electrons. The Hall–Kier alpha value is -2.96. The van der Waals surface area contributed by atoms with E-state index in [-0.39, 0.29) is 25.6 Å². The number of carbonyl (C=O) groups is 3. The van der Waals surface area contributed by atoms with Crippen LogP contribution in [-0.4, -0.2) is 51.9 Å². The molecule has 0 saturated heterocycles. The largest absolute Gasteiger partial charge is 0.481 e. The number of hydrogen-bond acceptors (Lipinski definition) is 4. The molecule has 0 aliphatic carbocycles. The Balaban J connectivity index is 2.17. The lowest BCUT2D eigenvalue weighted by molar-refractivity contribution is -0.138. The minimum Gasteiger partial charge on any atom is -0.481 e. The molecule has 2 atom stereocenters. The van der Waals surface area contributed by atoms with E-state index in [0.717, 1.165) is 30.2 Å². The second kappa shape index (κ2) is 13.5. The van der Waals surface area contributed by atoms with Crippen molar-refractivity contribution in [2.75, 3.05) is 13.1 Å². The first-order valence-electron chi connectivity index (χ1n) is 12.5. The Morgan fingerprint density at radius 3 is 2.66 bits per heavy atom. The van der Waals surface area contributed by atoms with Gasteiger partial charge in [0.15, 0.2) is 0 Å². The van der Waals surface area contributed by atoms with E-state index in [1.807, 2.05) is 24.3 Å². The molecule has 1 unspecified atom stereocenters. The summed E-state index contributed by atoms with van der Waals surface area (Å²) >= 11 is 0. The molecule has 2 rings (SSSR count). The molecule has 174 valence electrons. The summed E-state index contributed by atoms with van der Waals surface area (Å²) < 4.78 is 15.1. The molecule has 1 aromatic heterocycles. The molecule has 2 N–H and O–H groups in total. The van der Waals surface area contributed by atoms with Crippen LogP contribution in [0.5, 0.6) is 0 Å². The molecule has 1 heterocycles. The van der Waals surface area contributed by atoms with Crippen LogP contribution in [0.2, 0.25) is 0 Å². The lowest BCUT2D eigenvalue weighted by Crippen LogP contribution is -2.49. The summed E-state index contributed by atoms with van der Waals surface area (Å²) in [6, 6.07) is 8.12. The van der Waals surface area contributed by atoms with Crippen molar-refractivity contribution >= 4 is 28.7 Å². The van der Waals surface area contributed by atoms with Crippen LogP contribution < -0.4 is 5.32 Å². The van der Waals surface area contributed by atoms with E-state index >= 15 is 0 Å². The number of unbranched alkanes of at least 4 members (excludes halogenated alkanes) is 2. The van der Waals surface area contributed by atoms with Gasteiger partial charge in [0.2, 0.25) is 5.91 Å². The molecule has 2 aromatic rings. The van der Waals surface area contributed by atoms with E-state index in [4.69, 9.17) is 7.85 Å². The number of amides is 2. The molecule has 0 aliphatic heterocycles. The molecule has 7 nitrogen and oxygen atoms in total. The first-order valence-corrected chi connectivity index (χ1v) is 11.2. The number of nitrogens with zero attached hydrogens (tertiary/aromatic N) is 2. The summed E-state index contributed by atoms with van der Waals surface area (Å²) in [6.07, 6.45) is 4.53. The Bertz CT molecular complexity index is 957. The van der Waals surface area contributed by atoms with Gasteiger partial charge in [0.1, 0.15) is 6.04 Å². The zero-order chi connectivity index (χ0) is 24.9. The number of rotatable bonds is 14. The Morgan fingerprint density at radius 2 is 1.94 bits per heavy atom. The van der Waals surface area contributed by atoms with E-state index < -0.39 is 24.3 Å². The number of carbonyl (C=O) groups excluding carboxylic acids is 2. The zero-order valence-electron chi connectivity index (χ0n) is 20.8. The fourth-order valence-corrected chi connectivity index (χ4v) is 3.49. The molecule has 0 aliphatic rings. The number of para-hydroxylation sites is 1. The molecule has 0 spiro atoms. The van der Waals surface area contributed by atoms with Crippen molar-refractivity contribution in [2.24, 2.45) is 0 Å². The maximum Gasteiger partial charge on any atom is 0.303 e. The van der Waals surface area contributed by atoms with Crippen molar-refractivity contribution in [2.45, 2.75) is 71.2 Å². The number of hydrogen-bond donors (Lipinski definition) is 2. The number of pyridine rings is 1. The second-order valence-electron chi connectivity index (χ2n) is 7.84. The van der Waals surface area contributed by atoms with Crippen molar-refractivity contribution < 1.29 is 22.2 Å². The fraction of sp³-hybridized carbons (Fsp3) is 0.520. The molecule has 2 amide bonds. The van der Waals surface area contributed by atoms with Gasteiger partial charge in [-0.2, -0.15) is 0 Å². The standard InChI is InChI=1S/C25H35N3O4/c1-3-5-9-15-28(16-10-6-4-2)25(32)22(13-14-23(29)30)27-24(31)20-17-19-11-7-8-12-21(19)26-18-20/h7-8,11-12,17-18,22H,3-6,9-10,13-16H2,1-2H3,(H,27,31)(H,29,30)/t22-/m1/s1/i1T,3T/t3?,22-. The molecule has 7 heteroatoms. The average molecular weight is 446 g/mol. The Labute approximate surface area is 193 Å². The van der Waals surface area contributed by atoms with Gasteiger partial charge in [-0.1, -0.05) is 57.7 Å². The van der Waals surface area contributed by atoms with Gasteiger partial charge < -0.3 is 15.3 Å². The smallest absolute Gasteiger partial charge is 0.303 e. The van der Waals surface area contributed by atoms with E-state index in [9.17, 15) is 14.4 Å². The van der Waals surface area contributed by atoms with Crippen LogP contribution in [0.4, 0.5) is 0 Å². The third-order valence-corrected chi connectivity index (χ3v) is 5.28. The van der Waals surface area contributed by atoms with Crippen molar-refractivity contribution in [3.8, 4) is 0 Å². The highest BCUT2D eigenvalue weighted by Crippen LogP contribution is 2.14. The minimum atomic E-state index is -1.04. The van der Waals surface area contributed by atoms with E-state index in [1.165, 1.54) is 6.20 Å². The predicted octanol–water partition coefficient (Wildman–Crippen LogP) is 4.41. The summed E-state index contributed by atoms with van der Waals surface area (Å²) in [7, 11) is 0. The lowest BCUT2D eigenvalue weighted by atomic mass is 10.1. The molecule has 32 heavy (non-hydrogen) atoms. The first-order chi connectivity index (χ1) is 16.3.